The molecule has 180 valence electrons. The van der Waals surface area contributed by atoms with Crippen molar-refractivity contribution in [2.45, 2.75) is 90.9 Å². The molecular weight excluding hydrogens is 422 g/mol. The summed E-state index contributed by atoms with van der Waals surface area (Å²) >= 11 is 0. The molecule has 0 saturated heterocycles. The summed E-state index contributed by atoms with van der Waals surface area (Å²) in [6, 6.07) is 8.86. The summed E-state index contributed by atoms with van der Waals surface area (Å²) in [5.74, 6) is -0.949. The van der Waals surface area contributed by atoms with Crippen LogP contribution in [0.5, 0.6) is 0 Å². The number of esters is 2. The molecule has 1 rings (SSSR count). The number of ether oxygens (including phenoxy) is 2. The third-order valence-electron chi connectivity index (χ3n) is 5.33. The lowest BCUT2D eigenvalue weighted by Crippen LogP contribution is -2.49. The van der Waals surface area contributed by atoms with Crippen LogP contribution >= 0.6 is 0 Å². The molecule has 1 aromatic carbocycles. The minimum Gasteiger partial charge on any atom is -0.459 e. The van der Waals surface area contributed by atoms with Gasteiger partial charge in [0.1, 0.15) is 17.7 Å². The van der Waals surface area contributed by atoms with Crippen molar-refractivity contribution < 1.29 is 23.5 Å². The maximum Gasteiger partial charge on any atom is 0.327 e. The van der Waals surface area contributed by atoms with Crippen LogP contribution in [0.3, 0.4) is 0 Å². The molecule has 0 aromatic heterocycles. The molecule has 0 radical (unpaired) electrons. The molecule has 6 nitrogen and oxygen atoms in total. The molecule has 0 heterocycles. The minimum absolute atomic E-state index is 0.0897. The van der Waals surface area contributed by atoms with Gasteiger partial charge in [-0.2, -0.15) is 0 Å². The fourth-order valence-corrected chi connectivity index (χ4v) is 3.54. The summed E-state index contributed by atoms with van der Waals surface area (Å²) in [6.07, 6.45) is 2.70. The average molecular weight is 464 g/mol. The van der Waals surface area contributed by atoms with Gasteiger partial charge >= 0.3 is 11.9 Å². The van der Waals surface area contributed by atoms with Crippen LogP contribution in [0.1, 0.15) is 54.0 Å². The van der Waals surface area contributed by atoms with Gasteiger partial charge in [-0.25, -0.2) is 0 Å². The normalized spacial score (nSPS) is 14.8. The van der Waals surface area contributed by atoms with Crippen molar-refractivity contribution in [3.8, 4) is 0 Å². The Morgan fingerprint density at radius 3 is 2.16 bits per heavy atom. The summed E-state index contributed by atoms with van der Waals surface area (Å²) in [4.78, 5) is 24.8. The Bertz CT molecular complexity index is 763. The summed E-state index contributed by atoms with van der Waals surface area (Å²) in [5, 5.41) is 3.30. The van der Waals surface area contributed by atoms with Crippen molar-refractivity contribution in [2.24, 2.45) is 0 Å². The van der Waals surface area contributed by atoms with Gasteiger partial charge in [-0.15, -0.1) is 0 Å². The van der Waals surface area contributed by atoms with Crippen molar-refractivity contribution in [1.29, 1.82) is 0 Å². The van der Waals surface area contributed by atoms with E-state index in [0.29, 0.717) is 13.2 Å². The Morgan fingerprint density at radius 1 is 1.06 bits per heavy atom. The van der Waals surface area contributed by atoms with Gasteiger partial charge < -0.3 is 13.9 Å². The molecule has 0 fully saturated rings. The SMILES string of the molecule is CC(=O)O[C@@H](/C=C/CO[Si](C)(C)C(C)(C)C)[C@H](NCc1ccccc1)C(=O)OC(C)(C)C. The lowest BCUT2D eigenvalue weighted by atomic mass is 10.1. The van der Waals surface area contributed by atoms with Gasteiger partial charge in [-0.1, -0.05) is 57.2 Å². The number of rotatable bonds is 10. The molecule has 1 N–H and O–H groups in total. The largest absolute Gasteiger partial charge is 0.459 e. The van der Waals surface area contributed by atoms with E-state index in [1.54, 1.807) is 6.08 Å². The predicted molar refractivity (Wildman–Crippen MR) is 131 cm³/mol. The number of carbonyl (C=O) groups is 2. The predicted octanol–water partition coefficient (Wildman–Crippen LogP) is 5.00. The molecule has 1 aromatic rings. The second-order valence-electron chi connectivity index (χ2n) is 10.5. The minimum atomic E-state index is -1.92. The number of carbonyl (C=O) groups excluding carboxylic acids is 2. The number of hydrogen-bond donors (Lipinski definition) is 1. The van der Waals surface area contributed by atoms with Crippen LogP contribution in [0, 0.1) is 0 Å². The zero-order valence-electron chi connectivity index (χ0n) is 21.2. The van der Waals surface area contributed by atoms with Crippen LogP contribution in [0.2, 0.25) is 18.1 Å². The highest BCUT2D eigenvalue weighted by molar-refractivity contribution is 6.74. The van der Waals surface area contributed by atoms with E-state index in [9.17, 15) is 9.59 Å². The van der Waals surface area contributed by atoms with Gasteiger partial charge in [-0.3, -0.25) is 14.9 Å². The maximum atomic E-state index is 13.0. The molecule has 0 spiro atoms. The first-order valence-corrected chi connectivity index (χ1v) is 14.0. The highest BCUT2D eigenvalue weighted by Crippen LogP contribution is 2.36. The Labute approximate surface area is 194 Å². The number of nitrogens with one attached hydrogen (secondary N) is 1. The lowest BCUT2D eigenvalue weighted by molar-refractivity contribution is -0.163. The first kappa shape index (κ1) is 28.1. The van der Waals surface area contributed by atoms with Gasteiger partial charge in [0, 0.05) is 13.5 Å². The van der Waals surface area contributed by atoms with Gasteiger partial charge in [-0.05, 0) is 50.5 Å². The third kappa shape index (κ3) is 10.1. The van der Waals surface area contributed by atoms with Crippen molar-refractivity contribution >= 4 is 20.3 Å². The van der Waals surface area contributed by atoms with Gasteiger partial charge in [0.05, 0.1) is 6.61 Å². The van der Waals surface area contributed by atoms with Gasteiger partial charge in [0.2, 0.25) is 0 Å². The highest BCUT2D eigenvalue weighted by Gasteiger charge is 2.37. The molecule has 0 saturated carbocycles. The second-order valence-corrected chi connectivity index (χ2v) is 15.3. The van der Waals surface area contributed by atoms with Crippen molar-refractivity contribution in [1.82, 2.24) is 5.32 Å². The topological polar surface area (TPSA) is 73.9 Å². The standard InChI is InChI=1S/C25H41NO5Si/c1-19(27)30-21(16-13-17-29-32(8,9)25(5,6)7)22(23(28)31-24(2,3)4)26-18-20-14-11-10-12-15-20/h10-16,21-22,26H,17-18H2,1-9H3/b16-13+/t21-,22-/m0/s1. The number of benzene rings is 1. The summed E-state index contributed by atoms with van der Waals surface area (Å²) in [6.45, 7) is 18.4. The van der Waals surface area contributed by atoms with E-state index in [-0.39, 0.29) is 5.04 Å². The highest BCUT2D eigenvalue weighted by atomic mass is 28.4. The average Bonchev–Trinajstić information content (AvgIpc) is 2.63. The number of hydrogen-bond acceptors (Lipinski definition) is 6. The van der Waals surface area contributed by atoms with E-state index < -0.39 is 38.0 Å². The van der Waals surface area contributed by atoms with Gasteiger partial charge in [0.25, 0.3) is 0 Å². The smallest absolute Gasteiger partial charge is 0.327 e. The Morgan fingerprint density at radius 2 is 1.66 bits per heavy atom. The Hall–Kier alpha value is -1.96. The van der Waals surface area contributed by atoms with Crippen molar-refractivity contribution in [2.75, 3.05) is 6.61 Å². The van der Waals surface area contributed by atoms with Crippen LogP contribution < -0.4 is 5.32 Å². The summed E-state index contributed by atoms with van der Waals surface area (Å²) in [7, 11) is -1.92. The molecule has 7 heteroatoms. The quantitative estimate of drug-likeness (QED) is 0.299. The molecule has 32 heavy (non-hydrogen) atoms. The molecule has 0 bridgehead atoms. The first-order valence-electron chi connectivity index (χ1n) is 11.1. The molecule has 0 aliphatic rings. The Balaban J connectivity index is 3.04. The van der Waals surface area contributed by atoms with Crippen LogP contribution in [0.25, 0.3) is 0 Å². The lowest BCUT2D eigenvalue weighted by Gasteiger charge is -2.35. The first-order chi connectivity index (χ1) is 14.6. The van der Waals surface area contributed by atoms with Gasteiger partial charge in [0.15, 0.2) is 8.32 Å². The van der Waals surface area contributed by atoms with E-state index in [1.165, 1.54) is 6.92 Å². The van der Waals surface area contributed by atoms with E-state index in [2.05, 4.69) is 39.2 Å². The monoisotopic (exact) mass is 463 g/mol. The summed E-state index contributed by atoms with van der Waals surface area (Å²) < 4.78 is 17.3. The van der Waals surface area contributed by atoms with Crippen LogP contribution in [-0.4, -0.2) is 44.6 Å². The van der Waals surface area contributed by atoms with Crippen LogP contribution in [0.4, 0.5) is 0 Å². The Kier molecular flexibility index (Phi) is 10.3. The third-order valence-corrected chi connectivity index (χ3v) is 9.83. The fourth-order valence-electron chi connectivity index (χ4n) is 2.60. The van der Waals surface area contributed by atoms with Crippen LogP contribution in [0.15, 0.2) is 42.5 Å². The molecule has 2 atom stereocenters. The summed E-state index contributed by atoms with van der Waals surface area (Å²) in [5.41, 5.74) is 0.340. The van der Waals surface area contributed by atoms with Crippen molar-refractivity contribution in [3.63, 3.8) is 0 Å². The van der Waals surface area contributed by atoms with E-state index in [1.807, 2.05) is 57.2 Å². The fraction of sp³-hybridized carbons (Fsp3) is 0.600. The molecule has 0 amide bonds. The van der Waals surface area contributed by atoms with E-state index >= 15 is 0 Å². The van der Waals surface area contributed by atoms with Crippen LogP contribution in [-0.2, 0) is 30.0 Å². The molecule has 0 unspecified atom stereocenters. The maximum absolute atomic E-state index is 13.0. The van der Waals surface area contributed by atoms with E-state index in [0.717, 1.165) is 5.56 Å². The molecule has 0 aliphatic heterocycles. The molecular formula is C25H41NO5Si. The second kappa shape index (κ2) is 11.8. The zero-order valence-corrected chi connectivity index (χ0v) is 22.2. The van der Waals surface area contributed by atoms with Crippen molar-refractivity contribution in [3.05, 3.63) is 48.0 Å². The zero-order chi connectivity index (χ0) is 24.6. The van der Waals surface area contributed by atoms with E-state index in [4.69, 9.17) is 13.9 Å². The molecule has 0 aliphatic carbocycles.